The Hall–Kier alpha value is -2.82. The smallest absolute Gasteiger partial charge is 0.242 e. The van der Waals surface area contributed by atoms with E-state index in [4.69, 9.17) is 0 Å². The minimum absolute atomic E-state index is 0.00744. The van der Waals surface area contributed by atoms with Crippen molar-refractivity contribution in [3.05, 3.63) is 54.1 Å². The zero-order valence-electron chi connectivity index (χ0n) is 19.0. The topological polar surface area (TPSA) is 100 Å². The number of fused-ring (bicyclic) bond motifs is 1. The van der Waals surface area contributed by atoms with E-state index in [-0.39, 0.29) is 16.8 Å². The number of carbonyl (C=O) groups is 1. The Morgan fingerprint density at radius 1 is 1.12 bits per heavy atom. The molecular weight excluding hydrogens is 440 g/mol. The predicted molar refractivity (Wildman–Crippen MR) is 126 cm³/mol. The van der Waals surface area contributed by atoms with Crippen LogP contribution in [0.15, 0.2) is 53.4 Å². The average Bonchev–Trinajstić information content (AvgIpc) is 3.22. The molecule has 0 unspecified atom stereocenters. The number of hydrogen-bond donors (Lipinski definition) is 1. The highest BCUT2D eigenvalue weighted by molar-refractivity contribution is 7.89. The highest BCUT2D eigenvalue weighted by Crippen LogP contribution is 2.19. The number of piperidine rings is 1. The van der Waals surface area contributed by atoms with Gasteiger partial charge in [-0.25, -0.2) is 17.4 Å². The molecule has 3 aromatic rings. The van der Waals surface area contributed by atoms with Crippen LogP contribution in [0.2, 0.25) is 0 Å². The van der Waals surface area contributed by atoms with E-state index in [1.165, 1.54) is 25.7 Å². The van der Waals surface area contributed by atoms with E-state index in [0.717, 1.165) is 36.8 Å². The number of likely N-dealkylation sites (tertiary alicyclic amines) is 1. The molecule has 10 heteroatoms. The van der Waals surface area contributed by atoms with Gasteiger partial charge in [-0.15, -0.1) is 5.10 Å². The molecule has 1 aliphatic heterocycles. The maximum absolute atomic E-state index is 12.5. The molecule has 1 amide bonds. The van der Waals surface area contributed by atoms with Crippen molar-refractivity contribution in [1.29, 1.82) is 0 Å². The van der Waals surface area contributed by atoms with E-state index in [9.17, 15) is 13.2 Å². The lowest BCUT2D eigenvalue weighted by Gasteiger charge is -2.32. The number of carbonyl (C=O) groups excluding carboxylic acids is 1. The largest absolute Gasteiger partial charge is 0.353 e. The molecule has 0 bridgehead atoms. The summed E-state index contributed by atoms with van der Waals surface area (Å²) < 4.78 is 27.4. The van der Waals surface area contributed by atoms with E-state index in [1.54, 1.807) is 16.8 Å². The quantitative estimate of drug-likeness (QED) is 0.539. The van der Waals surface area contributed by atoms with Gasteiger partial charge in [0.15, 0.2) is 0 Å². The van der Waals surface area contributed by atoms with E-state index in [1.807, 2.05) is 6.07 Å². The lowest BCUT2D eigenvalue weighted by Crippen LogP contribution is -2.44. The first-order valence-electron chi connectivity index (χ1n) is 11.1. The molecule has 0 spiro atoms. The van der Waals surface area contributed by atoms with Gasteiger partial charge in [-0.3, -0.25) is 9.69 Å². The Bertz CT molecular complexity index is 1200. The van der Waals surface area contributed by atoms with E-state index >= 15 is 0 Å². The zero-order valence-corrected chi connectivity index (χ0v) is 19.8. The number of sulfonamides is 1. The van der Waals surface area contributed by atoms with Crippen molar-refractivity contribution in [2.24, 2.45) is 0 Å². The normalized spacial score (nSPS) is 15.8. The van der Waals surface area contributed by atoms with Crippen LogP contribution in [0.4, 0.5) is 0 Å². The van der Waals surface area contributed by atoms with Crippen molar-refractivity contribution in [3.8, 4) is 0 Å². The average molecular weight is 471 g/mol. The van der Waals surface area contributed by atoms with Gasteiger partial charge in [0.05, 0.1) is 17.0 Å². The van der Waals surface area contributed by atoms with Crippen LogP contribution in [-0.2, 0) is 27.9 Å². The summed E-state index contributed by atoms with van der Waals surface area (Å²) in [5, 5.41) is 11.3. The van der Waals surface area contributed by atoms with Crippen molar-refractivity contribution in [2.45, 2.75) is 43.3 Å². The first-order valence-corrected chi connectivity index (χ1v) is 12.6. The summed E-state index contributed by atoms with van der Waals surface area (Å²) in [5.74, 6) is -0.00744. The van der Waals surface area contributed by atoms with Crippen LogP contribution in [0.25, 0.3) is 11.0 Å². The SMILES string of the molecule is CN(C)S(=O)(=O)c1ccc2c(c1)nnn2CCC(=O)NC1CCN(Cc2ccccc2)CC1. The van der Waals surface area contributed by atoms with Crippen LogP contribution in [0.3, 0.4) is 0 Å². The second-order valence-corrected chi connectivity index (χ2v) is 10.8. The summed E-state index contributed by atoms with van der Waals surface area (Å²) in [6, 6.07) is 15.4. The molecule has 33 heavy (non-hydrogen) atoms. The Morgan fingerprint density at radius 3 is 2.55 bits per heavy atom. The van der Waals surface area contributed by atoms with Crippen LogP contribution >= 0.6 is 0 Å². The Labute approximate surface area is 194 Å². The lowest BCUT2D eigenvalue weighted by atomic mass is 10.0. The standard InChI is InChI=1S/C23H30N6O3S/c1-27(2)33(31,32)20-8-9-22-21(16-20)25-26-29(22)15-12-23(30)24-19-10-13-28(14-11-19)17-18-6-4-3-5-7-18/h3-9,16,19H,10-15,17H2,1-2H3,(H,24,30). The highest BCUT2D eigenvalue weighted by atomic mass is 32.2. The van der Waals surface area contributed by atoms with Gasteiger partial charge in [0.25, 0.3) is 0 Å². The maximum Gasteiger partial charge on any atom is 0.242 e. The summed E-state index contributed by atoms with van der Waals surface area (Å²) in [6.07, 6.45) is 2.17. The molecule has 4 rings (SSSR count). The number of rotatable bonds is 8. The Balaban J connectivity index is 1.27. The molecule has 0 saturated carbocycles. The van der Waals surface area contributed by atoms with Gasteiger partial charge in [0.1, 0.15) is 5.52 Å². The third-order valence-corrected chi connectivity index (χ3v) is 7.83. The van der Waals surface area contributed by atoms with Gasteiger partial charge in [-0.05, 0) is 36.6 Å². The maximum atomic E-state index is 12.5. The molecule has 1 fully saturated rings. The summed E-state index contributed by atoms with van der Waals surface area (Å²) >= 11 is 0. The van der Waals surface area contributed by atoms with Crippen LogP contribution in [-0.4, -0.2) is 71.8 Å². The van der Waals surface area contributed by atoms with Gasteiger partial charge in [0, 0.05) is 46.2 Å². The minimum Gasteiger partial charge on any atom is -0.353 e. The number of aromatic nitrogens is 3. The van der Waals surface area contributed by atoms with Crippen LogP contribution < -0.4 is 5.32 Å². The number of nitrogens with one attached hydrogen (secondary N) is 1. The molecular formula is C23H30N6O3S. The molecule has 2 aromatic carbocycles. The number of aryl methyl sites for hydroxylation is 1. The van der Waals surface area contributed by atoms with Crippen LogP contribution in [0.5, 0.6) is 0 Å². The number of amides is 1. The molecule has 1 aliphatic rings. The van der Waals surface area contributed by atoms with Crippen LogP contribution in [0, 0.1) is 0 Å². The zero-order chi connectivity index (χ0) is 23.4. The van der Waals surface area contributed by atoms with Crippen molar-refractivity contribution in [1.82, 2.24) is 29.5 Å². The molecule has 1 N–H and O–H groups in total. The van der Waals surface area contributed by atoms with Gasteiger partial charge < -0.3 is 5.32 Å². The lowest BCUT2D eigenvalue weighted by molar-refractivity contribution is -0.122. The number of nitrogens with zero attached hydrogens (tertiary/aromatic N) is 5. The summed E-state index contributed by atoms with van der Waals surface area (Å²) in [4.78, 5) is 15.1. The highest BCUT2D eigenvalue weighted by Gasteiger charge is 2.21. The fraction of sp³-hybridized carbons (Fsp3) is 0.435. The second kappa shape index (κ2) is 9.98. The fourth-order valence-electron chi connectivity index (χ4n) is 4.07. The number of benzene rings is 2. The monoisotopic (exact) mass is 470 g/mol. The molecule has 1 aromatic heterocycles. The molecule has 0 atom stereocenters. The van der Waals surface area contributed by atoms with Gasteiger partial charge >= 0.3 is 0 Å². The van der Waals surface area contributed by atoms with Crippen molar-refractivity contribution >= 4 is 27.0 Å². The Morgan fingerprint density at radius 2 is 1.85 bits per heavy atom. The third-order valence-electron chi connectivity index (χ3n) is 6.02. The summed E-state index contributed by atoms with van der Waals surface area (Å²) in [5.41, 5.74) is 2.50. The predicted octanol–water partition coefficient (Wildman–Crippen LogP) is 1.85. The second-order valence-electron chi connectivity index (χ2n) is 8.60. The number of hydrogen-bond acceptors (Lipinski definition) is 6. The third kappa shape index (κ3) is 5.58. The summed E-state index contributed by atoms with van der Waals surface area (Å²) in [6.45, 7) is 3.25. The molecule has 9 nitrogen and oxygen atoms in total. The van der Waals surface area contributed by atoms with E-state index in [0.29, 0.717) is 24.0 Å². The van der Waals surface area contributed by atoms with E-state index in [2.05, 4.69) is 44.8 Å². The summed E-state index contributed by atoms with van der Waals surface area (Å²) in [7, 11) is -0.558. The van der Waals surface area contributed by atoms with Crippen molar-refractivity contribution < 1.29 is 13.2 Å². The molecule has 0 radical (unpaired) electrons. The molecule has 2 heterocycles. The van der Waals surface area contributed by atoms with Gasteiger partial charge in [-0.1, -0.05) is 35.5 Å². The van der Waals surface area contributed by atoms with Gasteiger partial charge in [0.2, 0.25) is 15.9 Å². The molecule has 0 aliphatic carbocycles. The van der Waals surface area contributed by atoms with Crippen molar-refractivity contribution in [3.63, 3.8) is 0 Å². The minimum atomic E-state index is -3.53. The van der Waals surface area contributed by atoms with Crippen LogP contribution in [0.1, 0.15) is 24.8 Å². The van der Waals surface area contributed by atoms with Gasteiger partial charge in [-0.2, -0.15) is 0 Å². The molecule has 1 saturated heterocycles. The Kier molecular flexibility index (Phi) is 7.06. The first-order chi connectivity index (χ1) is 15.8. The van der Waals surface area contributed by atoms with E-state index < -0.39 is 10.0 Å². The molecule has 176 valence electrons. The fourth-order valence-corrected chi connectivity index (χ4v) is 4.99. The first kappa shape index (κ1) is 23.3. The van der Waals surface area contributed by atoms with Crippen molar-refractivity contribution in [2.75, 3.05) is 27.2 Å².